The van der Waals surface area contributed by atoms with Gasteiger partial charge < -0.3 is 14.6 Å². The third-order valence-electron chi connectivity index (χ3n) is 2.42. The number of carbonyl (C=O) groups excluding carboxylic acids is 1. The molecule has 0 spiro atoms. The Morgan fingerprint density at radius 1 is 1.50 bits per heavy atom. The van der Waals surface area contributed by atoms with Gasteiger partial charge in [-0.05, 0) is 24.6 Å². The van der Waals surface area contributed by atoms with Crippen molar-refractivity contribution in [3.63, 3.8) is 0 Å². The summed E-state index contributed by atoms with van der Waals surface area (Å²) in [5.74, 6) is -0.00444. The van der Waals surface area contributed by atoms with Crippen LogP contribution in [0, 0.1) is 11.3 Å². The second-order valence-electron chi connectivity index (χ2n) is 3.58. The first kappa shape index (κ1) is 14.0. The molecule has 0 radical (unpaired) electrons. The molecule has 1 aromatic rings. The second-order valence-corrected chi connectivity index (χ2v) is 3.58. The van der Waals surface area contributed by atoms with Gasteiger partial charge in [0.2, 0.25) is 0 Å². The van der Waals surface area contributed by atoms with E-state index in [1.54, 1.807) is 13.0 Å². The van der Waals surface area contributed by atoms with Crippen LogP contribution < -0.4 is 4.74 Å². The summed E-state index contributed by atoms with van der Waals surface area (Å²) in [5, 5.41) is 18.1. The molecule has 0 aliphatic carbocycles. The summed E-state index contributed by atoms with van der Waals surface area (Å²) in [4.78, 5) is 11.5. The van der Waals surface area contributed by atoms with Gasteiger partial charge in [0, 0.05) is 5.56 Å². The summed E-state index contributed by atoms with van der Waals surface area (Å²) in [6.07, 6.45) is -0.0222. The second kappa shape index (κ2) is 6.62. The van der Waals surface area contributed by atoms with Gasteiger partial charge >= 0.3 is 5.97 Å². The van der Waals surface area contributed by atoms with Gasteiger partial charge in [-0.1, -0.05) is 0 Å². The number of hydrogen-bond donors (Lipinski definition) is 1. The molecule has 18 heavy (non-hydrogen) atoms. The number of carbonyl (C=O) groups is 1. The van der Waals surface area contributed by atoms with E-state index in [-0.39, 0.29) is 19.6 Å². The van der Waals surface area contributed by atoms with E-state index >= 15 is 0 Å². The van der Waals surface area contributed by atoms with E-state index in [2.05, 4.69) is 0 Å². The maximum Gasteiger partial charge on any atom is 0.310 e. The number of hydrogen-bond acceptors (Lipinski definition) is 5. The van der Waals surface area contributed by atoms with Crippen LogP contribution in [-0.4, -0.2) is 24.8 Å². The fraction of sp³-hybridized carbons (Fsp3) is 0.385. The molecule has 0 aliphatic heterocycles. The van der Waals surface area contributed by atoms with Crippen LogP contribution >= 0.6 is 0 Å². The van der Waals surface area contributed by atoms with Gasteiger partial charge in [0.05, 0.1) is 38.4 Å². The smallest absolute Gasteiger partial charge is 0.310 e. The van der Waals surface area contributed by atoms with E-state index in [0.29, 0.717) is 22.4 Å². The van der Waals surface area contributed by atoms with E-state index in [1.165, 1.54) is 13.2 Å². The van der Waals surface area contributed by atoms with E-state index in [1.807, 2.05) is 6.07 Å². The first-order valence-corrected chi connectivity index (χ1v) is 5.52. The number of nitriles is 1. The molecule has 0 aliphatic rings. The van der Waals surface area contributed by atoms with Crippen LogP contribution in [0.25, 0.3) is 0 Å². The van der Waals surface area contributed by atoms with Crippen LogP contribution in [0.3, 0.4) is 0 Å². The minimum absolute atomic E-state index is 0.0222. The van der Waals surface area contributed by atoms with Crippen molar-refractivity contribution < 1.29 is 19.4 Å². The van der Waals surface area contributed by atoms with Crippen molar-refractivity contribution >= 4 is 5.97 Å². The van der Waals surface area contributed by atoms with Crippen LogP contribution in [0.5, 0.6) is 5.75 Å². The third-order valence-corrected chi connectivity index (χ3v) is 2.42. The van der Waals surface area contributed by atoms with E-state index in [0.717, 1.165) is 0 Å². The number of rotatable bonds is 5. The molecule has 0 atom stereocenters. The van der Waals surface area contributed by atoms with Crippen molar-refractivity contribution in [3.05, 3.63) is 28.8 Å². The molecule has 0 saturated carbocycles. The molecule has 5 heteroatoms. The predicted molar refractivity (Wildman–Crippen MR) is 64.0 cm³/mol. The quantitative estimate of drug-likeness (QED) is 0.792. The summed E-state index contributed by atoms with van der Waals surface area (Å²) >= 11 is 0. The molecular weight excluding hydrogens is 234 g/mol. The summed E-state index contributed by atoms with van der Waals surface area (Å²) in [7, 11) is 1.45. The Labute approximate surface area is 106 Å². The minimum atomic E-state index is -0.413. The van der Waals surface area contributed by atoms with Gasteiger partial charge in [0.15, 0.2) is 0 Å². The van der Waals surface area contributed by atoms with E-state index < -0.39 is 5.97 Å². The van der Waals surface area contributed by atoms with Crippen LogP contribution in [0.4, 0.5) is 0 Å². The van der Waals surface area contributed by atoms with Gasteiger partial charge in [-0.2, -0.15) is 5.26 Å². The standard InChI is InChI=1S/C13H15NO4/c1-3-18-13(16)6-11-10(7-14)4-9(8-15)5-12(11)17-2/h4-5,15H,3,6,8H2,1-2H3. The number of aliphatic hydroxyl groups is 1. The molecule has 1 rings (SSSR count). The summed E-state index contributed by atoms with van der Waals surface area (Å²) in [6, 6.07) is 5.14. The van der Waals surface area contributed by atoms with Gasteiger partial charge in [0.1, 0.15) is 5.75 Å². The average Bonchev–Trinajstić information content (AvgIpc) is 2.39. The Kier molecular flexibility index (Phi) is 5.15. The lowest BCUT2D eigenvalue weighted by Gasteiger charge is -2.11. The van der Waals surface area contributed by atoms with Gasteiger partial charge in [-0.25, -0.2) is 0 Å². The molecule has 1 N–H and O–H groups in total. The lowest BCUT2D eigenvalue weighted by atomic mass is 10.0. The highest BCUT2D eigenvalue weighted by Crippen LogP contribution is 2.25. The largest absolute Gasteiger partial charge is 0.496 e. The highest BCUT2D eigenvalue weighted by Gasteiger charge is 2.15. The maximum atomic E-state index is 11.5. The number of esters is 1. The Hall–Kier alpha value is -2.06. The Morgan fingerprint density at radius 2 is 2.22 bits per heavy atom. The highest BCUT2D eigenvalue weighted by molar-refractivity contribution is 5.75. The van der Waals surface area contributed by atoms with Crippen molar-refractivity contribution in [1.82, 2.24) is 0 Å². The van der Waals surface area contributed by atoms with Crippen LogP contribution in [0.1, 0.15) is 23.6 Å². The zero-order valence-electron chi connectivity index (χ0n) is 10.4. The molecule has 0 saturated heterocycles. The predicted octanol–water partition coefficient (Wildman–Crippen LogP) is 1.16. The number of ether oxygens (including phenoxy) is 2. The molecule has 0 aromatic heterocycles. The topological polar surface area (TPSA) is 79.6 Å². The van der Waals surface area contributed by atoms with E-state index in [4.69, 9.17) is 19.8 Å². The lowest BCUT2D eigenvalue weighted by Crippen LogP contribution is -2.10. The molecular formula is C13H15NO4. The monoisotopic (exact) mass is 249 g/mol. The normalized spacial score (nSPS) is 9.67. The van der Waals surface area contributed by atoms with Crippen LogP contribution in [0.2, 0.25) is 0 Å². The Bertz CT molecular complexity index is 477. The number of benzene rings is 1. The van der Waals surface area contributed by atoms with Crippen LogP contribution in [-0.2, 0) is 22.6 Å². The molecule has 5 nitrogen and oxygen atoms in total. The van der Waals surface area contributed by atoms with Gasteiger partial charge in [-0.15, -0.1) is 0 Å². The van der Waals surface area contributed by atoms with Crippen molar-refractivity contribution in [1.29, 1.82) is 5.26 Å². The Morgan fingerprint density at radius 3 is 2.72 bits per heavy atom. The zero-order valence-corrected chi connectivity index (χ0v) is 10.4. The molecule has 0 heterocycles. The Balaban J connectivity index is 3.15. The van der Waals surface area contributed by atoms with Crippen molar-refractivity contribution in [2.45, 2.75) is 20.0 Å². The molecule has 0 fully saturated rings. The summed E-state index contributed by atoms with van der Waals surface area (Å²) < 4.78 is 9.99. The first-order chi connectivity index (χ1) is 8.65. The van der Waals surface area contributed by atoms with Crippen molar-refractivity contribution in [3.8, 4) is 11.8 Å². The maximum absolute atomic E-state index is 11.5. The fourth-order valence-electron chi connectivity index (χ4n) is 1.61. The number of aliphatic hydroxyl groups excluding tert-OH is 1. The van der Waals surface area contributed by atoms with Gasteiger partial charge in [0.25, 0.3) is 0 Å². The zero-order chi connectivity index (χ0) is 13.5. The number of nitrogens with zero attached hydrogens (tertiary/aromatic N) is 1. The van der Waals surface area contributed by atoms with Crippen molar-refractivity contribution in [2.75, 3.05) is 13.7 Å². The molecule has 0 unspecified atom stereocenters. The molecule has 0 amide bonds. The van der Waals surface area contributed by atoms with Crippen molar-refractivity contribution in [2.24, 2.45) is 0 Å². The lowest BCUT2D eigenvalue weighted by molar-refractivity contribution is -0.142. The number of methoxy groups -OCH3 is 1. The summed E-state index contributed by atoms with van der Waals surface area (Å²) in [6.45, 7) is 1.82. The first-order valence-electron chi connectivity index (χ1n) is 5.52. The highest BCUT2D eigenvalue weighted by atomic mass is 16.5. The van der Waals surface area contributed by atoms with Crippen LogP contribution in [0.15, 0.2) is 12.1 Å². The SMILES string of the molecule is CCOC(=O)Cc1c(C#N)cc(CO)cc1OC. The summed E-state index contributed by atoms with van der Waals surface area (Å²) in [5.41, 5.74) is 1.36. The molecule has 0 bridgehead atoms. The third kappa shape index (κ3) is 3.22. The van der Waals surface area contributed by atoms with Gasteiger partial charge in [-0.3, -0.25) is 4.79 Å². The fourth-order valence-corrected chi connectivity index (χ4v) is 1.61. The molecule has 96 valence electrons. The molecule has 1 aromatic carbocycles. The van der Waals surface area contributed by atoms with E-state index in [9.17, 15) is 4.79 Å². The average molecular weight is 249 g/mol. The minimum Gasteiger partial charge on any atom is -0.496 e.